The SMILES string of the molecule is Cc1cccnc1NC(=O)Cn1nc(-c2ccc3c(c2)OCO3)ccc1=O. The largest absolute Gasteiger partial charge is 0.454 e. The number of ether oxygens (including phenoxy) is 2. The predicted octanol–water partition coefficient (Wildman–Crippen LogP) is 1.98. The highest BCUT2D eigenvalue weighted by Gasteiger charge is 2.15. The monoisotopic (exact) mass is 364 g/mol. The van der Waals surface area contributed by atoms with Gasteiger partial charge in [-0.15, -0.1) is 0 Å². The van der Waals surface area contributed by atoms with Crippen LogP contribution in [0.25, 0.3) is 11.3 Å². The topological polar surface area (TPSA) is 95.3 Å². The van der Waals surface area contributed by atoms with Gasteiger partial charge in [-0.1, -0.05) is 6.07 Å². The summed E-state index contributed by atoms with van der Waals surface area (Å²) < 4.78 is 11.8. The Hall–Kier alpha value is -3.68. The molecule has 4 rings (SSSR count). The number of amides is 1. The van der Waals surface area contributed by atoms with E-state index in [1.807, 2.05) is 19.1 Å². The molecular weight excluding hydrogens is 348 g/mol. The zero-order valence-electron chi connectivity index (χ0n) is 14.5. The van der Waals surface area contributed by atoms with Crippen LogP contribution in [-0.2, 0) is 11.3 Å². The second kappa shape index (κ2) is 6.91. The summed E-state index contributed by atoms with van der Waals surface area (Å²) in [6.07, 6.45) is 1.59. The second-order valence-electron chi connectivity index (χ2n) is 6.00. The molecule has 0 unspecified atom stereocenters. The van der Waals surface area contributed by atoms with Crippen molar-refractivity contribution in [2.45, 2.75) is 13.5 Å². The van der Waals surface area contributed by atoms with Crippen molar-refractivity contribution in [2.75, 3.05) is 12.1 Å². The number of fused-ring (bicyclic) bond motifs is 1. The van der Waals surface area contributed by atoms with E-state index in [2.05, 4.69) is 15.4 Å². The first kappa shape index (κ1) is 16.8. The van der Waals surface area contributed by atoms with E-state index in [-0.39, 0.29) is 24.8 Å². The van der Waals surface area contributed by atoms with E-state index in [1.165, 1.54) is 6.07 Å². The minimum atomic E-state index is -0.380. The molecule has 0 bridgehead atoms. The average Bonchev–Trinajstić information content (AvgIpc) is 3.13. The molecule has 0 aliphatic carbocycles. The van der Waals surface area contributed by atoms with Crippen molar-refractivity contribution in [1.82, 2.24) is 14.8 Å². The first-order valence-electron chi connectivity index (χ1n) is 8.30. The average molecular weight is 364 g/mol. The zero-order valence-corrected chi connectivity index (χ0v) is 14.5. The molecule has 0 saturated heterocycles. The first-order valence-corrected chi connectivity index (χ1v) is 8.30. The summed E-state index contributed by atoms with van der Waals surface area (Å²) in [6.45, 7) is 1.80. The number of carbonyl (C=O) groups excluding carboxylic acids is 1. The van der Waals surface area contributed by atoms with Crippen LogP contribution in [0.2, 0.25) is 0 Å². The molecule has 0 radical (unpaired) electrons. The lowest BCUT2D eigenvalue weighted by molar-refractivity contribution is -0.117. The molecule has 1 aromatic carbocycles. The number of aromatic nitrogens is 3. The Morgan fingerprint density at radius 2 is 2.04 bits per heavy atom. The number of nitrogens with zero attached hydrogens (tertiary/aromatic N) is 3. The molecule has 0 spiro atoms. The summed E-state index contributed by atoms with van der Waals surface area (Å²) in [6, 6.07) is 12.0. The molecule has 0 atom stereocenters. The Morgan fingerprint density at radius 3 is 2.89 bits per heavy atom. The van der Waals surface area contributed by atoms with E-state index in [4.69, 9.17) is 9.47 Å². The van der Waals surface area contributed by atoms with Gasteiger partial charge in [0.05, 0.1) is 5.69 Å². The van der Waals surface area contributed by atoms with E-state index >= 15 is 0 Å². The predicted molar refractivity (Wildman–Crippen MR) is 97.7 cm³/mol. The highest BCUT2D eigenvalue weighted by Crippen LogP contribution is 2.35. The van der Waals surface area contributed by atoms with Crippen LogP contribution in [0.4, 0.5) is 5.82 Å². The fraction of sp³-hybridized carbons (Fsp3) is 0.158. The summed E-state index contributed by atoms with van der Waals surface area (Å²) in [4.78, 5) is 28.5. The standard InChI is InChI=1S/C19H16N4O4/c1-12-3-2-8-20-19(12)21-17(24)10-23-18(25)7-5-14(22-23)13-4-6-15-16(9-13)27-11-26-15/h2-9H,10-11H2,1H3,(H,20,21,24). The third kappa shape index (κ3) is 3.50. The number of anilines is 1. The Kier molecular flexibility index (Phi) is 4.29. The fourth-order valence-corrected chi connectivity index (χ4v) is 2.70. The van der Waals surface area contributed by atoms with Gasteiger partial charge in [0, 0.05) is 17.8 Å². The van der Waals surface area contributed by atoms with E-state index in [1.54, 1.807) is 30.5 Å². The van der Waals surface area contributed by atoms with Crippen LogP contribution in [0, 0.1) is 6.92 Å². The molecule has 0 fully saturated rings. The maximum atomic E-state index is 12.3. The van der Waals surface area contributed by atoms with Gasteiger partial charge in [-0.05, 0) is 42.8 Å². The number of aryl methyl sites for hydroxylation is 1. The Morgan fingerprint density at radius 1 is 1.19 bits per heavy atom. The molecule has 136 valence electrons. The van der Waals surface area contributed by atoms with Crippen molar-refractivity contribution >= 4 is 11.7 Å². The molecule has 1 aliphatic rings. The van der Waals surface area contributed by atoms with Gasteiger partial charge in [0.25, 0.3) is 5.56 Å². The van der Waals surface area contributed by atoms with Crippen molar-refractivity contribution in [1.29, 1.82) is 0 Å². The number of benzene rings is 1. The van der Waals surface area contributed by atoms with Crippen LogP contribution in [0.5, 0.6) is 11.5 Å². The number of pyridine rings is 1. The molecule has 1 amide bonds. The lowest BCUT2D eigenvalue weighted by atomic mass is 10.1. The van der Waals surface area contributed by atoms with Crippen molar-refractivity contribution in [2.24, 2.45) is 0 Å². The van der Waals surface area contributed by atoms with Gasteiger partial charge in [-0.3, -0.25) is 9.59 Å². The molecule has 2 aromatic heterocycles. The van der Waals surface area contributed by atoms with Gasteiger partial charge in [0.2, 0.25) is 12.7 Å². The van der Waals surface area contributed by atoms with Crippen LogP contribution in [0.1, 0.15) is 5.56 Å². The Labute approximate surface area is 154 Å². The lowest BCUT2D eigenvalue weighted by Crippen LogP contribution is -2.29. The molecule has 27 heavy (non-hydrogen) atoms. The minimum Gasteiger partial charge on any atom is -0.454 e. The molecule has 8 nitrogen and oxygen atoms in total. The molecule has 3 heterocycles. The Balaban J connectivity index is 1.57. The highest BCUT2D eigenvalue weighted by atomic mass is 16.7. The molecular formula is C19H16N4O4. The van der Waals surface area contributed by atoms with Crippen LogP contribution in [0.3, 0.4) is 0 Å². The van der Waals surface area contributed by atoms with Crippen molar-refractivity contribution in [3.63, 3.8) is 0 Å². The minimum absolute atomic E-state index is 0.179. The summed E-state index contributed by atoms with van der Waals surface area (Å²) in [7, 11) is 0. The quantitative estimate of drug-likeness (QED) is 0.761. The number of rotatable bonds is 4. The van der Waals surface area contributed by atoms with E-state index in [0.29, 0.717) is 23.0 Å². The van der Waals surface area contributed by atoms with E-state index < -0.39 is 0 Å². The third-order valence-electron chi connectivity index (χ3n) is 4.10. The summed E-state index contributed by atoms with van der Waals surface area (Å²) >= 11 is 0. The molecule has 8 heteroatoms. The van der Waals surface area contributed by atoms with Gasteiger partial charge in [0.15, 0.2) is 11.5 Å². The zero-order chi connectivity index (χ0) is 18.8. The fourth-order valence-electron chi connectivity index (χ4n) is 2.70. The van der Waals surface area contributed by atoms with Crippen molar-refractivity contribution in [3.05, 3.63) is 64.6 Å². The van der Waals surface area contributed by atoms with E-state index in [0.717, 1.165) is 15.8 Å². The third-order valence-corrected chi connectivity index (χ3v) is 4.10. The number of nitrogens with one attached hydrogen (secondary N) is 1. The first-order chi connectivity index (χ1) is 13.1. The second-order valence-corrected chi connectivity index (χ2v) is 6.00. The molecule has 1 N–H and O–H groups in total. The number of hydrogen-bond acceptors (Lipinski definition) is 6. The van der Waals surface area contributed by atoms with Crippen molar-refractivity contribution in [3.8, 4) is 22.8 Å². The summed E-state index contributed by atoms with van der Waals surface area (Å²) in [5, 5.41) is 6.99. The van der Waals surface area contributed by atoms with Crippen LogP contribution in [0.15, 0.2) is 53.5 Å². The highest BCUT2D eigenvalue weighted by molar-refractivity contribution is 5.90. The van der Waals surface area contributed by atoms with Crippen LogP contribution >= 0.6 is 0 Å². The van der Waals surface area contributed by atoms with Gasteiger partial charge >= 0.3 is 0 Å². The lowest BCUT2D eigenvalue weighted by Gasteiger charge is -2.09. The van der Waals surface area contributed by atoms with Gasteiger partial charge in [-0.2, -0.15) is 5.10 Å². The normalized spacial score (nSPS) is 12.0. The molecule has 3 aromatic rings. The number of carbonyl (C=O) groups is 1. The maximum absolute atomic E-state index is 12.3. The van der Waals surface area contributed by atoms with Gasteiger partial charge < -0.3 is 14.8 Å². The molecule has 1 aliphatic heterocycles. The van der Waals surface area contributed by atoms with Crippen molar-refractivity contribution < 1.29 is 14.3 Å². The smallest absolute Gasteiger partial charge is 0.267 e. The Bertz CT molecular complexity index is 1080. The number of hydrogen-bond donors (Lipinski definition) is 1. The van der Waals surface area contributed by atoms with Crippen LogP contribution in [-0.4, -0.2) is 27.5 Å². The summed E-state index contributed by atoms with van der Waals surface area (Å²) in [5.41, 5.74) is 1.77. The maximum Gasteiger partial charge on any atom is 0.267 e. The van der Waals surface area contributed by atoms with Crippen LogP contribution < -0.4 is 20.3 Å². The van der Waals surface area contributed by atoms with Gasteiger partial charge in [-0.25, -0.2) is 9.67 Å². The summed E-state index contributed by atoms with van der Waals surface area (Å²) in [5.74, 6) is 1.37. The molecule has 0 saturated carbocycles. The van der Waals surface area contributed by atoms with E-state index in [9.17, 15) is 9.59 Å². The van der Waals surface area contributed by atoms with Gasteiger partial charge in [0.1, 0.15) is 12.4 Å².